The second-order valence-corrected chi connectivity index (χ2v) is 4.27. The number of hydrogen-bond acceptors (Lipinski definition) is 3. The van der Waals surface area contributed by atoms with Crippen LogP contribution in [0.25, 0.3) is 0 Å². The van der Waals surface area contributed by atoms with Crippen molar-refractivity contribution in [1.29, 1.82) is 0 Å². The van der Waals surface area contributed by atoms with Crippen molar-refractivity contribution >= 4 is 25.5 Å². The third kappa shape index (κ3) is 19.2. The molecular formula is C12H23IN2OZn. The second-order valence-electron chi connectivity index (χ2n) is 4.27. The number of ketones is 1. The van der Waals surface area contributed by atoms with Crippen LogP contribution in [0, 0.1) is 6.08 Å². The van der Waals surface area contributed by atoms with E-state index >= 15 is 0 Å². The third-order valence-corrected chi connectivity index (χ3v) is 2.01. The summed E-state index contributed by atoms with van der Waals surface area (Å²) in [5.41, 5.74) is 0. The summed E-state index contributed by atoms with van der Waals surface area (Å²) in [5.74, 6) is 0.159. The molecule has 0 aromatic carbocycles. The summed E-state index contributed by atoms with van der Waals surface area (Å²) in [6.07, 6.45) is 7.19. The molecule has 0 saturated carbocycles. The minimum atomic E-state index is 0.159. The molecule has 0 aliphatic heterocycles. The number of likely N-dealkylation sites (N-methyl/N-ethyl adjacent to an activating group) is 2. The first-order valence-corrected chi connectivity index (χ1v) is 14.7. The molecule has 0 aromatic heterocycles. The van der Waals surface area contributed by atoms with Crippen LogP contribution < -0.4 is 0 Å². The number of allylic oxidation sites excluding steroid dienone is 2. The van der Waals surface area contributed by atoms with Crippen molar-refractivity contribution in [3.05, 3.63) is 12.2 Å². The van der Waals surface area contributed by atoms with Crippen LogP contribution in [0.5, 0.6) is 0 Å². The van der Waals surface area contributed by atoms with Crippen LogP contribution in [0.15, 0.2) is 6.08 Å². The van der Waals surface area contributed by atoms with Crippen molar-refractivity contribution in [1.82, 2.24) is 9.80 Å². The average molecular weight is 404 g/mol. The molecule has 0 bridgehead atoms. The molecular weight excluding hydrogens is 380 g/mol. The fourth-order valence-electron chi connectivity index (χ4n) is 1.02. The zero-order valence-corrected chi connectivity index (χ0v) is 16.6. The molecule has 0 radical (unpaired) electrons. The Morgan fingerprint density at radius 1 is 1.24 bits per heavy atom. The predicted molar refractivity (Wildman–Crippen MR) is 77.8 cm³/mol. The van der Waals surface area contributed by atoms with Crippen molar-refractivity contribution in [2.45, 2.75) is 19.3 Å². The number of rotatable bonds is 3. The van der Waals surface area contributed by atoms with Crippen molar-refractivity contribution < 1.29 is 19.6 Å². The number of nitrogens with zero attached hydrogens (tertiary/aromatic N) is 2. The van der Waals surface area contributed by atoms with E-state index in [1.54, 1.807) is 0 Å². The van der Waals surface area contributed by atoms with Crippen LogP contribution >= 0.6 is 19.8 Å². The van der Waals surface area contributed by atoms with Gasteiger partial charge in [0.1, 0.15) is 0 Å². The average Bonchev–Trinajstić information content (AvgIpc) is 2.31. The van der Waals surface area contributed by atoms with Gasteiger partial charge in [-0.15, -0.1) is 0 Å². The molecule has 0 saturated heterocycles. The van der Waals surface area contributed by atoms with Crippen molar-refractivity contribution in [2.75, 3.05) is 41.3 Å². The fraction of sp³-hybridized carbons (Fsp3) is 0.750. The molecule has 1 rings (SSSR count). The Morgan fingerprint density at radius 3 is 1.88 bits per heavy atom. The molecule has 0 spiro atoms. The summed E-state index contributed by atoms with van der Waals surface area (Å²) in [6.45, 7) is 2.29. The third-order valence-electron chi connectivity index (χ3n) is 2.01. The van der Waals surface area contributed by atoms with E-state index in [0.29, 0.717) is 6.42 Å². The van der Waals surface area contributed by atoms with Gasteiger partial charge in [-0.25, -0.2) is 0 Å². The molecule has 96 valence electrons. The van der Waals surface area contributed by atoms with Gasteiger partial charge in [-0.1, -0.05) is 6.42 Å². The first-order valence-electron chi connectivity index (χ1n) is 5.69. The van der Waals surface area contributed by atoms with Gasteiger partial charge in [0.2, 0.25) is 0 Å². The Bertz CT molecular complexity index is 201. The summed E-state index contributed by atoms with van der Waals surface area (Å²) in [6, 6.07) is 0. The standard InChI is InChI=1S/C6H16N2.C6H7O.HI.Zn/c1-7(2)5-6-8(3)4;7-6-4-2-1-3-5-6;;/h5-6H2,1-4H3;2H,1,3,5H2;1H;/q;-1;;+2/p-1. The Hall–Kier alpha value is 0.683. The molecule has 0 amide bonds. The van der Waals surface area contributed by atoms with E-state index in [0.717, 1.165) is 25.9 Å². The summed E-state index contributed by atoms with van der Waals surface area (Å²) < 4.78 is 0. The van der Waals surface area contributed by atoms with E-state index in [9.17, 15) is 4.79 Å². The van der Waals surface area contributed by atoms with Gasteiger partial charge in [0.05, 0.1) is 0 Å². The predicted octanol–water partition coefficient (Wildman–Crippen LogP) is 2.09. The van der Waals surface area contributed by atoms with E-state index in [4.69, 9.17) is 0 Å². The molecule has 0 unspecified atom stereocenters. The van der Waals surface area contributed by atoms with Crippen LogP contribution in [0.2, 0.25) is 0 Å². The minimum absolute atomic E-state index is 0.159. The zero-order valence-electron chi connectivity index (χ0n) is 11.5. The zero-order chi connectivity index (χ0) is 13.7. The van der Waals surface area contributed by atoms with Gasteiger partial charge in [0.15, 0.2) is 0 Å². The number of carbonyl (C=O) groups is 1. The van der Waals surface area contributed by atoms with E-state index in [1.165, 1.54) is 14.8 Å². The molecule has 5 heteroatoms. The Labute approximate surface area is 127 Å². The maximum absolute atomic E-state index is 10.3. The SMILES string of the molecule is CN(C)CCN(C)C.O=C1[C-]=CCCC1.[Zn+][I]. The summed E-state index contributed by atoms with van der Waals surface area (Å²) >= 11 is 3.62. The summed E-state index contributed by atoms with van der Waals surface area (Å²) in [5, 5.41) is 0. The van der Waals surface area contributed by atoms with Crippen molar-refractivity contribution in [3.63, 3.8) is 0 Å². The number of hydrogen-bond donors (Lipinski definition) is 0. The molecule has 1 aliphatic carbocycles. The van der Waals surface area contributed by atoms with Gasteiger partial charge in [-0.05, 0) is 46.8 Å². The topological polar surface area (TPSA) is 23.6 Å². The molecule has 3 nitrogen and oxygen atoms in total. The van der Waals surface area contributed by atoms with Gasteiger partial charge < -0.3 is 20.7 Å². The first kappa shape index (κ1) is 20.0. The molecule has 17 heavy (non-hydrogen) atoms. The normalized spacial score (nSPS) is 14.1. The summed E-state index contributed by atoms with van der Waals surface area (Å²) in [4.78, 5) is 14.7. The van der Waals surface area contributed by atoms with E-state index in [1.807, 2.05) is 6.08 Å². The quantitative estimate of drug-likeness (QED) is 0.410. The molecule has 0 aromatic rings. The Balaban J connectivity index is 0. The fourth-order valence-corrected chi connectivity index (χ4v) is 1.02. The summed E-state index contributed by atoms with van der Waals surface area (Å²) in [7, 11) is 8.35. The number of Topliss-reactive ketones (excluding diaryl/α,β-unsaturated/α-hetero) is 1. The van der Waals surface area contributed by atoms with E-state index in [-0.39, 0.29) is 5.78 Å². The monoisotopic (exact) mass is 402 g/mol. The molecule has 0 N–H and O–H groups in total. The van der Waals surface area contributed by atoms with Gasteiger partial charge in [-0.2, -0.15) is 0 Å². The van der Waals surface area contributed by atoms with Crippen LogP contribution in [0.4, 0.5) is 0 Å². The van der Waals surface area contributed by atoms with Crippen LogP contribution in [0.3, 0.4) is 0 Å². The molecule has 0 heterocycles. The molecule has 0 atom stereocenters. The second kappa shape index (κ2) is 14.7. The van der Waals surface area contributed by atoms with Crippen LogP contribution in [0.1, 0.15) is 19.3 Å². The van der Waals surface area contributed by atoms with Gasteiger partial charge in [0, 0.05) is 13.1 Å². The van der Waals surface area contributed by atoms with Crippen molar-refractivity contribution in [2.24, 2.45) is 0 Å². The van der Waals surface area contributed by atoms with Crippen LogP contribution in [-0.4, -0.2) is 56.9 Å². The number of carbonyl (C=O) groups excluding carboxylic acids is 1. The Morgan fingerprint density at radius 2 is 1.71 bits per heavy atom. The van der Waals surface area contributed by atoms with Gasteiger partial charge in [-0.3, -0.25) is 6.08 Å². The molecule has 1 aliphatic rings. The van der Waals surface area contributed by atoms with E-state index in [2.05, 4.69) is 63.8 Å². The van der Waals surface area contributed by atoms with Gasteiger partial charge >= 0.3 is 34.5 Å². The van der Waals surface area contributed by atoms with Gasteiger partial charge in [0.25, 0.3) is 0 Å². The Kier molecular flexibility index (Phi) is 17.4. The number of halogens is 1. The van der Waals surface area contributed by atoms with Crippen LogP contribution in [-0.2, 0) is 19.6 Å². The van der Waals surface area contributed by atoms with E-state index < -0.39 is 0 Å². The van der Waals surface area contributed by atoms with Crippen molar-refractivity contribution in [3.8, 4) is 0 Å². The molecule has 0 fully saturated rings. The maximum atomic E-state index is 10.3. The first-order chi connectivity index (χ1) is 8.02.